The van der Waals surface area contributed by atoms with Crippen LogP contribution in [0.2, 0.25) is 10.0 Å². The first kappa shape index (κ1) is 14.1. The monoisotopic (exact) mass is 359 g/mol. The van der Waals surface area contributed by atoms with E-state index >= 15 is 0 Å². The average Bonchev–Trinajstić information content (AvgIpc) is 2.26. The topological polar surface area (TPSA) is 54.0 Å². The van der Waals surface area contributed by atoms with Crippen LogP contribution in [-0.2, 0) is 0 Å². The van der Waals surface area contributed by atoms with Crippen LogP contribution in [0.25, 0.3) is 0 Å². The van der Waals surface area contributed by atoms with Crippen LogP contribution in [0.3, 0.4) is 0 Å². The Hall–Kier alpha value is -1.30. The molecule has 0 aliphatic rings. The number of carbonyl (C=O) groups excluding carboxylic acids is 1. The second kappa shape index (κ2) is 6.23. The summed E-state index contributed by atoms with van der Waals surface area (Å²) in [6, 6.07) is 9.56. The van der Waals surface area contributed by atoms with Crippen molar-refractivity contribution in [3.8, 4) is 0 Å². The summed E-state index contributed by atoms with van der Waals surface area (Å²) >= 11 is 14.9. The van der Waals surface area contributed by atoms with Gasteiger partial charge >= 0.3 is 6.03 Å². The highest BCUT2D eigenvalue weighted by Gasteiger charge is 2.05. The van der Waals surface area contributed by atoms with Crippen LogP contribution in [0, 0.1) is 0 Å². The molecule has 1 heterocycles. The Bertz CT molecular complexity index is 601. The minimum atomic E-state index is -0.427. The third kappa shape index (κ3) is 4.38. The lowest BCUT2D eigenvalue weighted by molar-refractivity contribution is 0.262. The predicted octanol–water partition coefficient (Wildman–Crippen LogP) is 4.79. The number of benzene rings is 1. The van der Waals surface area contributed by atoms with E-state index in [9.17, 15) is 4.79 Å². The van der Waals surface area contributed by atoms with Gasteiger partial charge in [0, 0.05) is 15.7 Å². The first-order valence-corrected chi connectivity index (χ1v) is 6.74. The summed E-state index contributed by atoms with van der Waals surface area (Å²) in [6.45, 7) is 0. The van der Waals surface area contributed by atoms with Gasteiger partial charge in [0.15, 0.2) is 0 Å². The van der Waals surface area contributed by atoms with Crippen molar-refractivity contribution in [3.63, 3.8) is 0 Å². The molecule has 0 aliphatic heterocycles. The number of hydrogen-bond acceptors (Lipinski definition) is 2. The first-order valence-electron chi connectivity index (χ1n) is 5.19. The number of nitrogens with zero attached hydrogens (tertiary/aromatic N) is 1. The van der Waals surface area contributed by atoms with Gasteiger partial charge in [-0.05, 0) is 46.3 Å². The summed E-state index contributed by atoms with van der Waals surface area (Å²) in [5, 5.41) is 6.11. The zero-order valence-electron chi connectivity index (χ0n) is 9.45. The average molecular weight is 361 g/mol. The van der Waals surface area contributed by atoms with Gasteiger partial charge in [0.25, 0.3) is 0 Å². The largest absolute Gasteiger partial charge is 0.324 e. The van der Waals surface area contributed by atoms with E-state index in [-0.39, 0.29) is 0 Å². The van der Waals surface area contributed by atoms with E-state index in [2.05, 4.69) is 31.5 Å². The first-order chi connectivity index (χ1) is 9.02. The minimum absolute atomic E-state index is 0.427. The fourth-order valence-corrected chi connectivity index (χ4v) is 2.25. The van der Waals surface area contributed by atoms with Crippen molar-refractivity contribution >= 4 is 56.7 Å². The summed E-state index contributed by atoms with van der Waals surface area (Å²) in [6.07, 6.45) is 0. The van der Waals surface area contributed by atoms with Crippen molar-refractivity contribution in [2.75, 3.05) is 10.6 Å². The number of urea groups is 1. The lowest BCUT2D eigenvalue weighted by Gasteiger charge is -2.08. The molecule has 1 aromatic heterocycles. The normalized spacial score (nSPS) is 10.1. The number of pyridine rings is 1. The molecule has 0 atom stereocenters. The number of hydrogen-bond donors (Lipinski definition) is 2. The van der Waals surface area contributed by atoms with Crippen LogP contribution < -0.4 is 10.6 Å². The Kier molecular flexibility index (Phi) is 4.63. The molecule has 0 spiro atoms. The summed E-state index contributed by atoms with van der Waals surface area (Å²) in [4.78, 5) is 15.8. The summed E-state index contributed by atoms with van der Waals surface area (Å²) in [7, 11) is 0. The van der Waals surface area contributed by atoms with Gasteiger partial charge < -0.3 is 5.32 Å². The van der Waals surface area contributed by atoms with Gasteiger partial charge in [-0.15, -0.1) is 0 Å². The molecule has 2 aromatic rings. The second-order valence-corrected chi connectivity index (χ2v) is 5.27. The molecular weight excluding hydrogens is 353 g/mol. The van der Waals surface area contributed by atoms with E-state index in [0.717, 1.165) is 0 Å². The Morgan fingerprint density at radius 2 is 1.79 bits per heavy atom. The van der Waals surface area contributed by atoms with Gasteiger partial charge in [-0.2, -0.15) is 0 Å². The molecule has 0 aliphatic carbocycles. The van der Waals surface area contributed by atoms with E-state index in [1.54, 1.807) is 36.4 Å². The Morgan fingerprint density at radius 3 is 2.42 bits per heavy atom. The Labute approximate surface area is 128 Å². The molecular formula is C12H8BrCl2N3O. The lowest BCUT2D eigenvalue weighted by Crippen LogP contribution is -2.20. The highest BCUT2D eigenvalue weighted by molar-refractivity contribution is 9.10. The number of aromatic nitrogens is 1. The summed E-state index contributed by atoms with van der Waals surface area (Å²) in [5.41, 5.74) is 0.505. The highest BCUT2D eigenvalue weighted by atomic mass is 79.9. The van der Waals surface area contributed by atoms with Crippen molar-refractivity contribution in [2.45, 2.75) is 0 Å². The number of halogens is 3. The molecule has 0 unspecified atom stereocenters. The molecule has 2 amide bonds. The van der Waals surface area contributed by atoms with Gasteiger partial charge in [0.2, 0.25) is 0 Å². The molecule has 0 saturated carbocycles. The number of rotatable bonds is 2. The minimum Gasteiger partial charge on any atom is -0.308 e. The Morgan fingerprint density at radius 1 is 1.11 bits per heavy atom. The fraction of sp³-hybridized carbons (Fsp3) is 0. The van der Waals surface area contributed by atoms with Gasteiger partial charge in [0.1, 0.15) is 10.4 Å². The smallest absolute Gasteiger partial charge is 0.308 e. The van der Waals surface area contributed by atoms with Crippen LogP contribution in [0.5, 0.6) is 0 Å². The molecule has 0 fully saturated rings. The van der Waals surface area contributed by atoms with Crippen LogP contribution in [0.4, 0.5) is 16.3 Å². The predicted molar refractivity (Wildman–Crippen MR) is 81.0 cm³/mol. The molecule has 0 bridgehead atoms. The van der Waals surface area contributed by atoms with Crippen molar-refractivity contribution in [2.24, 2.45) is 0 Å². The highest BCUT2D eigenvalue weighted by Crippen LogP contribution is 2.22. The summed E-state index contributed by atoms with van der Waals surface area (Å²) in [5.74, 6) is 0.431. The SMILES string of the molecule is O=C(Nc1cc(Cl)cc(Cl)c1)Nc1cccc(Br)n1. The molecule has 7 heteroatoms. The van der Waals surface area contributed by atoms with Crippen molar-refractivity contribution in [3.05, 3.63) is 51.0 Å². The maximum absolute atomic E-state index is 11.8. The van der Waals surface area contributed by atoms with Gasteiger partial charge in [-0.25, -0.2) is 9.78 Å². The zero-order valence-corrected chi connectivity index (χ0v) is 12.6. The Balaban J connectivity index is 2.05. The number of nitrogens with one attached hydrogen (secondary N) is 2. The molecule has 2 N–H and O–H groups in total. The van der Waals surface area contributed by atoms with Gasteiger partial charge in [0.05, 0.1) is 0 Å². The molecule has 4 nitrogen and oxygen atoms in total. The number of amides is 2. The second-order valence-electron chi connectivity index (χ2n) is 3.58. The van der Waals surface area contributed by atoms with Crippen LogP contribution in [0.15, 0.2) is 41.0 Å². The molecule has 0 saturated heterocycles. The van der Waals surface area contributed by atoms with Gasteiger partial charge in [-0.1, -0.05) is 29.3 Å². The van der Waals surface area contributed by atoms with E-state index < -0.39 is 6.03 Å². The molecule has 19 heavy (non-hydrogen) atoms. The molecule has 1 aromatic carbocycles. The molecule has 2 rings (SSSR count). The van der Waals surface area contributed by atoms with Crippen molar-refractivity contribution < 1.29 is 4.79 Å². The third-order valence-electron chi connectivity index (χ3n) is 2.08. The van der Waals surface area contributed by atoms with Gasteiger partial charge in [-0.3, -0.25) is 5.32 Å². The quantitative estimate of drug-likeness (QED) is 0.756. The fourth-order valence-electron chi connectivity index (χ4n) is 1.38. The number of anilines is 2. The van der Waals surface area contributed by atoms with E-state index in [4.69, 9.17) is 23.2 Å². The van der Waals surface area contributed by atoms with Crippen molar-refractivity contribution in [1.82, 2.24) is 4.98 Å². The van der Waals surface area contributed by atoms with Crippen LogP contribution in [0.1, 0.15) is 0 Å². The van der Waals surface area contributed by atoms with E-state index in [1.165, 1.54) is 0 Å². The van der Waals surface area contributed by atoms with Crippen LogP contribution >= 0.6 is 39.1 Å². The van der Waals surface area contributed by atoms with E-state index in [0.29, 0.717) is 26.2 Å². The summed E-state index contributed by atoms with van der Waals surface area (Å²) < 4.78 is 0.635. The maximum Gasteiger partial charge on any atom is 0.324 e. The number of carbonyl (C=O) groups is 1. The molecule has 98 valence electrons. The lowest BCUT2D eigenvalue weighted by atomic mass is 10.3. The third-order valence-corrected chi connectivity index (χ3v) is 2.96. The standard InChI is InChI=1S/C12H8BrCl2N3O/c13-10-2-1-3-11(17-10)18-12(19)16-9-5-7(14)4-8(15)6-9/h1-6H,(H2,16,17,18,19). The zero-order chi connectivity index (χ0) is 13.8. The van der Waals surface area contributed by atoms with E-state index in [1.807, 2.05) is 0 Å². The van der Waals surface area contributed by atoms with Crippen LogP contribution in [-0.4, -0.2) is 11.0 Å². The maximum atomic E-state index is 11.8. The van der Waals surface area contributed by atoms with Crippen molar-refractivity contribution in [1.29, 1.82) is 0 Å². The molecule has 0 radical (unpaired) electrons.